The Kier molecular flexibility index (Phi) is 4.59. The Hall–Kier alpha value is -2.06. The van der Waals surface area contributed by atoms with Crippen LogP contribution in [-0.2, 0) is 12.8 Å². The van der Waals surface area contributed by atoms with Crippen molar-refractivity contribution in [3.05, 3.63) is 70.9 Å². The Morgan fingerprint density at radius 2 is 1.86 bits per heavy atom. The number of fused-ring (bicyclic) bond motifs is 1. The minimum atomic E-state index is 0.708. The first-order valence-electron chi connectivity index (χ1n) is 7.43. The van der Waals surface area contributed by atoms with Gasteiger partial charge >= 0.3 is 0 Å². The lowest BCUT2D eigenvalue weighted by Crippen LogP contribution is -1.96. The number of methoxy groups -OCH3 is 1. The first kappa shape index (κ1) is 14.9. The number of ether oxygens (including phenoxy) is 1. The van der Waals surface area contributed by atoms with Gasteiger partial charge in [0.25, 0.3) is 0 Å². The zero-order valence-electron chi connectivity index (χ0n) is 12.6. The van der Waals surface area contributed by atoms with Crippen molar-refractivity contribution in [2.75, 3.05) is 7.11 Å². The lowest BCUT2D eigenvalue weighted by molar-refractivity contribution is 0.410. The van der Waals surface area contributed by atoms with E-state index in [2.05, 4.69) is 35.3 Å². The smallest absolute Gasteiger partial charge is 0.122 e. The molecule has 0 atom stereocenters. The van der Waals surface area contributed by atoms with Crippen LogP contribution >= 0.6 is 11.6 Å². The van der Waals surface area contributed by atoms with E-state index in [9.17, 15) is 0 Å². The molecule has 0 N–H and O–H groups in total. The second kappa shape index (κ2) is 6.80. The predicted molar refractivity (Wildman–Crippen MR) is 91.8 cm³/mol. The number of benzene rings is 2. The van der Waals surface area contributed by atoms with E-state index in [4.69, 9.17) is 16.3 Å². The predicted octanol–water partition coefficient (Wildman–Crippen LogP) is 5.07. The van der Waals surface area contributed by atoms with Gasteiger partial charge in [-0.15, -0.1) is 0 Å². The zero-order valence-corrected chi connectivity index (χ0v) is 13.3. The van der Waals surface area contributed by atoms with Gasteiger partial charge in [-0.3, -0.25) is 4.98 Å². The van der Waals surface area contributed by atoms with Crippen molar-refractivity contribution in [3.63, 3.8) is 0 Å². The van der Waals surface area contributed by atoms with Gasteiger partial charge in [0.2, 0.25) is 0 Å². The van der Waals surface area contributed by atoms with E-state index in [1.165, 1.54) is 11.1 Å². The Bertz CT molecular complexity index is 771. The van der Waals surface area contributed by atoms with Gasteiger partial charge in [-0.25, -0.2) is 0 Å². The van der Waals surface area contributed by atoms with Gasteiger partial charge in [-0.2, -0.15) is 0 Å². The largest absolute Gasteiger partial charge is 0.496 e. The Balaban J connectivity index is 1.80. The van der Waals surface area contributed by atoms with Gasteiger partial charge in [-0.05, 0) is 48.6 Å². The zero-order chi connectivity index (χ0) is 15.4. The fraction of sp³-hybridized carbons (Fsp3) is 0.211. The summed E-state index contributed by atoms with van der Waals surface area (Å²) in [6.45, 7) is 0. The van der Waals surface area contributed by atoms with Gasteiger partial charge in [0.05, 0.1) is 17.6 Å². The monoisotopic (exact) mass is 311 g/mol. The standard InChI is InChI=1S/C19H18ClNO/c1-22-19-13-16-17(20)10-11-21-18(16)12-15(19)9-5-8-14-6-3-2-4-7-14/h2-4,6-7,10-13H,5,8-9H2,1H3. The number of halogens is 1. The number of rotatable bonds is 5. The van der Waals surface area contributed by atoms with Crippen molar-refractivity contribution < 1.29 is 4.74 Å². The SMILES string of the molecule is COc1cc2c(Cl)ccnc2cc1CCCc1ccccc1. The third-order valence-corrected chi connectivity index (χ3v) is 4.17. The number of aromatic nitrogens is 1. The normalized spacial score (nSPS) is 10.8. The molecule has 0 unspecified atom stereocenters. The molecule has 2 nitrogen and oxygen atoms in total. The molecule has 0 aliphatic carbocycles. The average molecular weight is 312 g/mol. The summed E-state index contributed by atoms with van der Waals surface area (Å²) in [4.78, 5) is 4.40. The van der Waals surface area contributed by atoms with Crippen LogP contribution in [0.15, 0.2) is 54.7 Å². The van der Waals surface area contributed by atoms with Gasteiger partial charge in [0, 0.05) is 11.6 Å². The lowest BCUT2D eigenvalue weighted by atomic mass is 10.0. The summed E-state index contributed by atoms with van der Waals surface area (Å²) in [7, 11) is 1.70. The average Bonchev–Trinajstić information content (AvgIpc) is 2.55. The van der Waals surface area contributed by atoms with Crippen LogP contribution in [0.2, 0.25) is 5.02 Å². The van der Waals surface area contributed by atoms with Crippen LogP contribution in [0.1, 0.15) is 17.5 Å². The second-order valence-corrected chi connectivity index (χ2v) is 5.72. The molecule has 0 radical (unpaired) electrons. The molecule has 3 aromatic rings. The molecule has 1 heterocycles. The maximum atomic E-state index is 6.23. The maximum absolute atomic E-state index is 6.23. The highest BCUT2D eigenvalue weighted by Gasteiger charge is 2.08. The van der Waals surface area contributed by atoms with E-state index < -0.39 is 0 Å². The first-order valence-corrected chi connectivity index (χ1v) is 7.81. The Morgan fingerprint density at radius 1 is 1.05 bits per heavy atom. The van der Waals surface area contributed by atoms with Crippen molar-refractivity contribution in [3.8, 4) is 5.75 Å². The number of hydrogen-bond acceptors (Lipinski definition) is 2. The molecule has 112 valence electrons. The van der Waals surface area contributed by atoms with Crippen molar-refractivity contribution >= 4 is 22.5 Å². The van der Waals surface area contributed by atoms with Gasteiger partial charge in [0.15, 0.2) is 0 Å². The first-order chi connectivity index (χ1) is 10.8. The minimum Gasteiger partial charge on any atom is -0.496 e. The van der Waals surface area contributed by atoms with Crippen molar-refractivity contribution in [1.82, 2.24) is 4.98 Å². The number of aryl methyl sites for hydroxylation is 2. The number of nitrogens with zero attached hydrogens (tertiary/aromatic N) is 1. The van der Waals surface area contributed by atoms with Crippen LogP contribution < -0.4 is 4.74 Å². The van der Waals surface area contributed by atoms with E-state index in [1.807, 2.05) is 12.1 Å². The molecule has 0 bridgehead atoms. The van der Waals surface area contributed by atoms with Crippen molar-refractivity contribution in [2.45, 2.75) is 19.3 Å². The molecule has 0 amide bonds. The van der Waals surface area contributed by atoms with E-state index in [1.54, 1.807) is 19.4 Å². The van der Waals surface area contributed by atoms with Crippen LogP contribution in [0.3, 0.4) is 0 Å². The summed E-state index contributed by atoms with van der Waals surface area (Å²) in [6.07, 6.45) is 4.84. The third-order valence-electron chi connectivity index (χ3n) is 3.84. The molecule has 0 saturated heterocycles. The van der Waals surface area contributed by atoms with Gasteiger partial charge in [0.1, 0.15) is 5.75 Å². The summed E-state index contributed by atoms with van der Waals surface area (Å²) >= 11 is 6.23. The van der Waals surface area contributed by atoms with Crippen LogP contribution in [0.25, 0.3) is 10.9 Å². The molecule has 0 aliphatic heterocycles. The highest BCUT2D eigenvalue weighted by atomic mass is 35.5. The maximum Gasteiger partial charge on any atom is 0.122 e. The van der Waals surface area contributed by atoms with Crippen LogP contribution in [0.4, 0.5) is 0 Å². The fourth-order valence-corrected chi connectivity index (χ4v) is 2.90. The summed E-state index contributed by atoms with van der Waals surface area (Å²) < 4.78 is 5.52. The molecule has 0 saturated carbocycles. The fourth-order valence-electron chi connectivity index (χ4n) is 2.70. The van der Waals surface area contributed by atoms with E-state index in [0.717, 1.165) is 35.9 Å². The number of hydrogen-bond donors (Lipinski definition) is 0. The molecule has 0 aliphatic rings. The van der Waals surface area contributed by atoms with Gasteiger partial charge < -0.3 is 4.74 Å². The third kappa shape index (κ3) is 3.23. The Labute approximate surface area is 135 Å². The summed E-state index contributed by atoms with van der Waals surface area (Å²) in [5, 5.41) is 1.65. The molecular weight excluding hydrogens is 294 g/mol. The van der Waals surface area contributed by atoms with Crippen LogP contribution in [0.5, 0.6) is 5.75 Å². The van der Waals surface area contributed by atoms with Crippen molar-refractivity contribution in [1.29, 1.82) is 0 Å². The van der Waals surface area contributed by atoms with E-state index >= 15 is 0 Å². The molecule has 0 spiro atoms. The molecule has 3 rings (SSSR count). The highest BCUT2D eigenvalue weighted by molar-refractivity contribution is 6.35. The van der Waals surface area contributed by atoms with Gasteiger partial charge in [-0.1, -0.05) is 41.9 Å². The quantitative estimate of drug-likeness (QED) is 0.656. The molecular formula is C19H18ClNO. The van der Waals surface area contributed by atoms with Crippen LogP contribution in [-0.4, -0.2) is 12.1 Å². The van der Waals surface area contributed by atoms with E-state index in [-0.39, 0.29) is 0 Å². The summed E-state index contributed by atoms with van der Waals surface area (Å²) in [5.74, 6) is 0.885. The number of pyridine rings is 1. The Morgan fingerprint density at radius 3 is 2.64 bits per heavy atom. The van der Waals surface area contributed by atoms with Crippen LogP contribution in [0, 0.1) is 0 Å². The van der Waals surface area contributed by atoms with Crippen molar-refractivity contribution in [2.24, 2.45) is 0 Å². The topological polar surface area (TPSA) is 22.1 Å². The molecule has 22 heavy (non-hydrogen) atoms. The van der Waals surface area contributed by atoms with E-state index in [0.29, 0.717) is 5.02 Å². The summed E-state index contributed by atoms with van der Waals surface area (Å²) in [6, 6.07) is 16.4. The minimum absolute atomic E-state index is 0.708. The molecule has 3 heteroatoms. The second-order valence-electron chi connectivity index (χ2n) is 5.31. The lowest BCUT2D eigenvalue weighted by Gasteiger charge is -2.11. The molecule has 2 aromatic carbocycles. The molecule has 1 aromatic heterocycles. The summed E-state index contributed by atoms with van der Waals surface area (Å²) in [5.41, 5.74) is 3.46. The molecule has 0 fully saturated rings. The highest BCUT2D eigenvalue weighted by Crippen LogP contribution is 2.30.